The smallest absolute Gasteiger partial charge is 0.241 e. The fourth-order valence-corrected chi connectivity index (χ4v) is 3.59. The largest absolute Gasteiger partial charge is 0.394 e. The van der Waals surface area contributed by atoms with Crippen LogP contribution in [0.5, 0.6) is 0 Å². The van der Waals surface area contributed by atoms with E-state index in [0.717, 1.165) is 12.1 Å². The van der Waals surface area contributed by atoms with Crippen molar-refractivity contribution >= 4 is 17.6 Å². The summed E-state index contributed by atoms with van der Waals surface area (Å²) in [6, 6.07) is 6.21. The molecule has 0 spiro atoms. The van der Waals surface area contributed by atoms with Gasteiger partial charge in [0.2, 0.25) is 11.8 Å². The summed E-state index contributed by atoms with van der Waals surface area (Å²) in [5.41, 5.74) is 10.4. The predicted molar refractivity (Wildman–Crippen MR) is 116 cm³/mol. The van der Waals surface area contributed by atoms with Gasteiger partial charge in [-0.1, -0.05) is 12.1 Å². The molecule has 1 unspecified atom stereocenters. The summed E-state index contributed by atoms with van der Waals surface area (Å²) >= 11 is 0. The summed E-state index contributed by atoms with van der Waals surface area (Å²) in [6.45, 7) is 2.88. The van der Waals surface area contributed by atoms with Gasteiger partial charge in [-0.15, -0.1) is 0 Å². The molecule has 174 valence electrons. The molecule has 0 aliphatic carbocycles. The highest BCUT2D eigenvalue weighted by molar-refractivity contribution is 5.93. The summed E-state index contributed by atoms with van der Waals surface area (Å²) < 4.78 is 27.2. The Bertz CT molecular complexity index is 955. The lowest BCUT2D eigenvalue weighted by Gasteiger charge is -2.45. The molecule has 0 saturated heterocycles. The molecule has 6 N–H and O–H groups in total. The molecule has 0 bridgehead atoms. The Morgan fingerprint density at radius 1 is 1.19 bits per heavy atom. The molecule has 1 aromatic carbocycles. The van der Waals surface area contributed by atoms with Crippen LogP contribution in [0.1, 0.15) is 25.0 Å². The van der Waals surface area contributed by atoms with Crippen LogP contribution in [0.25, 0.3) is 0 Å². The average molecular weight is 450 g/mol. The third kappa shape index (κ3) is 5.38. The number of likely N-dealkylation sites (N-methyl/N-ethyl adjacent to an activating group) is 1. The van der Waals surface area contributed by atoms with Gasteiger partial charge in [0.05, 0.1) is 12.5 Å². The van der Waals surface area contributed by atoms with Gasteiger partial charge in [-0.2, -0.15) is 0 Å². The number of amides is 2. The molecule has 2 atom stereocenters. The second kappa shape index (κ2) is 10.5. The van der Waals surface area contributed by atoms with E-state index in [2.05, 4.69) is 10.3 Å². The maximum absolute atomic E-state index is 13.8. The Morgan fingerprint density at radius 3 is 2.34 bits per heavy atom. The summed E-state index contributed by atoms with van der Waals surface area (Å²) in [6.07, 6.45) is 1.33. The monoisotopic (exact) mass is 449 g/mol. The van der Waals surface area contributed by atoms with Crippen molar-refractivity contribution < 1.29 is 23.5 Å². The van der Waals surface area contributed by atoms with Crippen LogP contribution in [0.2, 0.25) is 0 Å². The van der Waals surface area contributed by atoms with Gasteiger partial charge >= 0.3 is 0 Å². The van der Waals surface area contributed by atoms with E-state index >= 15 is 0 Å². The number of nitrogens with one attached hydrogen (secondary N) is 1. The lowest BCUT2D eigenvalue weighted by molar-refractivity contribution is -0.148. The second-order valence-electron chi connectivity index (χ2n) is 7.97. The van der Waals surface area contributed by atoms with Crippen LogP contribution in [-0.4, -0.2) is 52.0 Å². The number of hydrogen-bond acceptors (Lipinski definition) is 6. The maximum Gasteiger partial charge on any atom is 0.241 e. The lowest BCUT2D eigenvalue weighted by atomic mass is 9.77. The first-order valence-corrected chi connectivity index (χ1v) is 10.1. The standard InChI is InChI=1S/C22H29F2N5O3/c1-13(2)29(3)22(12-30,21(26)32)16(8-14-4-6-17(23)18(24)9-14)20(31)28-11-15-5-7-19(25)27-10-15/h4-7,9-10,13,16,30H,8,11-12H2,1-3H3,(H2,25,27)(H2,26,32)(H,28,31)/t16-,22?/m1/s1. The van der Waals surface area contributed by atoms with Crippen LogP contribution in [0.15, 0.2) is 36.5 Å². The number of benzene rings is 1. The zero-order chi connectivity index (χ0) is 24.1. The first-order valence-electron chi connectivity index (χ1n) is 10.1. The van der Waals surface area contributed by atoms with Crippen LogP contribution in [0.4, 0.5) is 14.6 Å². The van der Waals surface area contributed by atoms with Crippen molar-refractivity contribution in [3.05, 3.63) is 59.3 Å². The first kappa shape index (κ1) is 25.2. The van der Waals surface area contributed by atoms with Crippen LogP contribution < -0.4 is 16.8 Å². The minimum Gasteiger partial charge on any atom is -0.394 e. The summed E-state index contributed by atoms with van der Waals surface area (Å²) in [4.78, 5) is 31.4. The average Bonchev–Trinajstić information content (AvgIpc) is 2.75. The zero-order valence-corrected chi connectivity index (χ0v) is 18.3. The molecule has 10 heteroatoms. The highest BCUT2D eigenvalue weighted by atomic mass is 19.2. The Labute approximate surface area is 185 Å². The molecule has 2 amide bonds. The van der Waals surface area contributed by atoms with E-state index in [0.29, 0.717) is 11.4 Å². The third-order valence-electron chi connectivity index (χ3n) is 5.70. The summed E-state index contributed by atoms with van der Waals surface area (Å²) in [7, 11) is 1.57. The van der Waals surface area contributed by atoms with Crippen LogP contribution in [-0.2, 0) is 22.6 Å². The van der Waals surface area contributed by atoms with Crippen molar-refractivity contribution in [2.45, 2.75) is 38.4 Å². The number of nitrogen functional groups attached to an aromatic ring is 1. The van der Waals surface area contributed by atoms with Crippen molar-refractivity contribution in [1.29, 1.82) is 0 Å². The number of aliphatic hydroxyl groups is 1. The van der Waals surface area contributed by atoms with Gasteiger partial charge in [-0.3, -0.25) is 14.5 Å². The highest BCUT2D eigenvalue weighted by Gasteiger charge is 2.51. The number of nitrogens with zero attached hydrogens (tertiary/aromatic N) is 2. The molecule has 1 aromatic heterocycles. The van der Waals surface area contributed by atoms with Crippen molar-refractivity contribution in [2.24, 2.45) is 11.7 Å². The van der Waals surface area contributed by atoms with E-state index < -0.39 is 41.5 Å². The highest BCUT2D eigenvalue weighted by Crippen LogP contribution is 2.30. The number of carbonyl (C=O) groups is 2. The summed E-state index contributed by atoms with van der Waals surface area (Å²) in [5.74, 6) is -4.50. The number of aromatic nitrogens is 1. The maximum atomic E-state index is 13.8. The minimum atomic E-state index is -1.79. The summed E-state index contributed by atoms with van der Waals surface area (Å²) in [5, 5.41) is 13.0. The van der Waals surface area contributed by atoms with Crippen molar-refractivity contribution in [2.75, 3.05) is 19.4 Å². The number of halogens is 2. The molecular formula is C22H29F2N5O3. The van der Waals surface area contributed by atoms with Gasteiger partial charge in [0.1, 0.15) is 11.4 Å². The van der Waals surface area contributed by atoms with Crippen LogP contribution in [0.3, 0.4) is 0 Å². The number of hydrogen-bond donors (Lipinski definition) is 4. The Hall–Kier alpha value is -3.11. The number of pyridine rings is 1. The topological polar surface area (TPSA) is 135 Å². The second-order valence-corrected chi connectivity index (χ2v) is 7.97. The molecule has 2 rings (SSSR count). The Morgan fingerprint density at radius 2 is 1.84 bits per heavy atom. The van der Waals surface area contributed by atoms with E-state index in [1.165, 1.54) is 17.2 Å². The number of rotatable bonds is 10. The number of anilines is 1. The molecule has 1 heterocycles. The van der Waals surface area contributed by atoms with E-state index in [-0.39, 0.29) is 24.6 Å². The first-order chi connectivity index (χ1) is 15.0. The van der Waals surface area contributed by atoms with Gasteiger partial charge in [-0.25, -0.2) is 13.8 Å². The Kier molecular flexibility index (Phi) is 8.23. The molecule has 0 aliphatic rings. The quantitative estimate of drug-likeness (QED) is 0.427. The van der Waals surface area contributed by atoms with Crippen molar-refractivity contribution in [3.63, 3.8) is 0 Å². The number of primary amides is 1. The van der Waals surface area contributed by atoms with Gasteiger partial charge in [0.25, 0.3) is 0 Å². The fourth-order valence-electron chi connectivity index (χ4n) is 3.59. The molecule has 2 aromatic rings. The molecule has 0 fully saturated rings. The Balaban J connectivity index is 2.45. The normalized spacial score (nSPS) is 14.2. The van der Waals surface area contributed by atoms with Gasteiger partial charge in [0.15, 0.2) is 11.6 Å². The van der Waals surface area contributed by atoms with Gasteiger partial charge in [-0.05, 0) is 56.6 Å². The SMILES string of the molecule is CC(C)N(C)C(CO)(C(N)=O)[C@H](Cc1ccc(F)c(F)c1)C(=O)NCc1ccc(N)nc1. The van der Waals surface area contributed by atoms with E-state index in [9.17, 15) is 23.5 Å². The molecular weight excluding hydrogens is 420 g/mol. The van der Waals surface area contributed by atoms with Crippen molar-refractivity contribution in [1.82, 2.24) is 15.2 Å². The molecule has 0 saturated carbocycles. The van der Waals surface area contributed by atoms with Crippen molar-refractivity contribution in [3.8, 4) is 0 Å². The minimum absolute atomic E-state index is 0.0755. The number of aliphatic hydroxyl groups excluding tert-OH is 1. The molecule has 8 nitrogen and oxygen atoms in total. The zero-order valence-electron chi connectivity index (χ0n) is 18.3. The molecule has 32 heavy (non-hydrogen) atoms. The van der Waals surface area contributed by atoms with E-state index in [1.54, 1.807) is 33.0 Å². The molecule has 0 radical (unpaired) electrons. The fraction of sp³-hybridized carbons (Fsp3) is 0.409. The van der Waals surface area contributed by atoms with Gasteiger partial charge in [0, 0.05) is 18.8 Å². The predicted octanol–water partition coefficient (Wildman–Crippen LogP) is 0.974. The molecule has 0 aliphatic heterocycles. The van der Waals surface area contributed by atoms with Crippen LogP contribution >= 0.6 is 0 Å². The van der Waals surface area contributed by atoms with Crippen LogP contribution in [0, 0.1) is 17.6 Å². The van der Waals surface area contributed by atoms with E-state index in [1.807, 2.05) is 0 Å². The van der Waals surface area contributed by atoms with Gasteiger partial charge < -0.3 is 21.9 Å². The van der Waals surface area contributed by atoms with E-state index in [4.69, 9.17) is 11.5 Å². The lowest BCUT2D eigenvalue weighted by Crippen LogP contribution is -2.68. The number of carbonyl (C=O) groups excluding carboxylic acids is 2. The number of nitrogens with two attached hydrogens (primary N) is 2. The third-order valence-corrected chi connectivity index (χ3v) is 5.70.